The van der Waals surface area contributed by atoms with Crippen LogP contribution in [0.15, 0.2) is 45.2 Å². The van der Waals surface area contributed by atoms with Gasteiger partial charge in [0.05, 0.1) is 17.3 Å². The summed E-state index contributed by atoms with van der Waals surface area (Å²) in [5.41, 5.74) is 2.96. The zero-order chi connectivity index (χ0) is 11.8. The molecule has 0 unspecified atom stereocenters. The highest BCUT2D eigenvalue weighted by Gasteiger charge is 2.08. The molecule has 0 spiro atoms. The molecule has 2 aromatic heterocycles. The van der Waals surface area contributed by atoms with Gasteiger partial charge < -0.3 is 9.40 Å². The number of hydrogen-bond acceptors (Lipinski definition) is 3. The van der Waals surface area contributed by atoms with E-state index in [9.17, 15) is 0 Å². The molecule has 3 aromatic rings. The van der Waals surface area contributed by atoms with E-state index in [1.54, 1.807) is 6.26 Å². The summed E-state index contributed by atoms with van der Waals surface area (Å²) in [6, 6.07) is 7.54. The summed E-state index contributed by atoms with van der Waals surface area (Å²) in [5.74, 6) is 0. The van der Waals surface area contributed by atoms with Crippen molar-refractivity contribution in [2.75, 3.05) is 0 Å². The van der Waals surface area contributed by atoms with Gasteiger partial charge in [0, 0.05) is 5.02 Å². The SMILES string of the molecule is Cc1cc(Cl)cc2[nH]c(Sc3ccco3)nc12. The van der Waals surface area contributed by atoms with Crippen molar-refractivity contribution in [2.24, 2.45) is 0 Å². The molecular weight excluding hydrogens is 256 g/mol. The van der Waals surface area contributed by atoms with Crippen LogP contribution in [0.2, 0.25) is 5.02 Å². The largest absolute Gasteiger partial charge is 0.458 e. The van der Waals surface area contributed by atoms with Gasteiger partial charge in [-0.2, -0.15) is 0 Å². The number of nitrogens with one attached hydrogen (secondary N) is 1. The van der Waals surface area contributed by atoms with Crippen LogP contribution in [-0.4, -0.2) is 9.97 Å². The maximum Gasteiger partial charge on any atom is 0.174 e. The molecule has 0 bridgehead atoms. The van der Waals surface area contributed by atoms with Crippen LogP contribution in [0.4, 0.5) is 0 Å². The number of hydrogen-bond donors (Lipinski definition) is 1. The van der Waals surface area contributed by atoms with Crippen molar-refractivity contribution < 1.29 is 4.42 Å². The molecule has 3 rings (SSSR count). The number of nitrogens with zero attached hydrogens (tertiary/aromatic N) is 1. The van der Waals surface area contributed by atoms with Gasteiger partial charge in [-0.25, -0.2) is 4.98 Å². The van der Waals surface area contributed by atoms with Crippen LogP contribution in [0.25, 0.3) is 11.0 Å². The Bertz CT molecular complexity index is 661. The lowest BCUT2D eigenvalue weighted by Gasteiger charge is -1.94. The Hall–Kier alpha value is -1.39. The van der Waals surface area contributed by atoms with E-state index in [0.717, 1.165) is 26.8 Å². The molecular formula is C12H9ClN2OS. The Kier molecular flexibility index (Phi) is 2.61. The fourth-order valence-corrected chi connectivity index (χ4v) is 2.70. The van der Waals surface area contributed by atoms with Gasteiger partial charge in [-0.1, -0.05) is 11.6 Å². The Labute approximate surface area is 107 Å². The first-order valence-corrected chi connectivity index (χ1v) is 6.29. The Balaban J connectivity index is 2.05. The van der Waals surface area contributed by atoms with E-state index in [0.29, 0.717) is 5.02 Å². The van der Waals surface area contributed by atoms with E-state index in [1.807, 2.05) is 31.2 Å². The predicted molar refractivity (Wildman–Crippen MR) is 68.7 cm³/mol. The highest BCUT2D eigenvalue weighted by Crippen LogP contribution is 2.29. The average Bonchev–Trinajstić information content (AvgIpc) is 2.87. The quantitative estimate of drug-likeness (QED) is 0.752. The van der Waals surface area contributed by atoms with Gasteiger partial charge in [-0.15, -0.1) is 0 Å². The van der Waals surface area contributed by atoms with Crippen LogP contribution in [0.5, 0.6) is 0 Å². The highest BCUT2D eigenvalue weighted by molar-refractivity contribution is 7.99. The maximum atomic E-state index is 6.00. The van der Waals surface area contributed by atoms with E-state index in [4.69, 9.17) is 16.0 Å². The van der Waals surface area contributed by atoms with Crippen LogP contribution in [-0.2, 0) is 0 Å². The molecule has 17 heavy (non-hydrogen) atoms. The number of aromatic amines is 1. The molecule has 1 aromatic carbocycles. The second-order valence-electron chi connectivity index (χ2n) is 3.69. The van der Waals surface area contributed by atoms with E-state index >= 15 is 0 Å². The average molecular weight is 265 g/mol. The lowest BCUT2D eigenvalue weighted by Crippen LogP contribution is -1.76. The van der Waals surface area contributed by atoms with Gasteiger partial charge in [-0.05, 0) is 48.5 Å². The van der Waals surface area contributed by atoms with Gasteiger partial charge >= 0.3 is 0 Å². The highest BCUT2D eigenvalue weighted by atomic mass is 35.5. The van der Waals surface area contributed by atoms with E-state index in [-0.39, 0.29) is 0 Å². The van der Waals surface area contributed by atoms with Crippen molar-refractivity contribution in [3.05, 3.63) is 41.1 Å². The molecule has 3 nitrogen and oxygen atoms in total. The second kappa shape index (κ2) is 4.13. The van der Waals surface area contributed by atoms with Crippen LogP contribution in [0.3, 0.4) is 0 Å². The summed E-state index contributed by atoms with van der Waals surface area (Å²) >= 11 is 7.46. The van der Waals surface area contributed by atoms with Crippen molar-refractivity contribution in [2.45, 2.75) is 17.2 Å². The lowest BCUT2D eigenvalue weighted by molar-refractivity contribution is 0.474. The first kappa shape index (κ1) is 10.7. The number of halogens is 1. The minimum Gasteiger partial charge on any atom is -0.458 e. The first-order valence-electron chi connectivity index (χ1n) is 5.09. The number of aryl methyl sites for hydroxylation is 1. The minimum atomic E-state index is 0.716. The Morgan fingerprint density at radius 1 is 1.41 bits per heavy atom. The molecule has 0 atom stereocenters. The summed E-state index contributed by atoms with van der Waals surface area (Å²) in [5, 5.41) is 2.33. The molecule has 0 aliphatic rings. The number of aromatic nitrogens is 2. The molecule has 0 saturated heterocycles. The standard InChI is InChI=1S/C12H9ClN2OS/c1-7-5-8(13)6-9-11(7)15-12(14-9)17-10-3-2-4-16-10/h2-6H,1H3,(H,14,15). The molecule has 86 valence electrons. The summed E-state index contributed by atoms with van der Waals surface area (Å²) in [4.78, 5) is 7.74. The van der Waals surface area contributed by atoms with Crippen LogP contribution in [0.1, 0.15) is 5.56 Å². The Morgan fingerprint density at radius 3 is 3.06 bits per heavy atom. The number of imidazole rings is 1. The summed E-state index contributed by atoms with van der Waals surface area (Å²) in [7, 11) is 0. The van der Waals surface area contributed by atoms with Crippen molar-refractivity contribution in [3.8, 4) is 0 Å². The fourth-order valence-electron chi connectivity index (χ4n) is 1.69. The third kappa shape index (κ3) is 2.06. The molecule has 0 saturated carbocycles. The molecule has 5 heteroatoms. The number of furan rings is 1. The van der Waals surface area contributed by atoms with Gasteiger partial charge in [0.2, 0.25) is 0 Å². The third-order valence-electron chi connectivity index (χ3n) is 2.41. The van der Waals surface area contributed by atoms with Gasteiger partial charge in [0.15, 0.2) is 10.2 Å². The van der Waals surface area contributed by atoms with Crippen molar-refractivity contribution in [3.63, 3.8) is 0 Å². The fraction of sp³-hybridized carbons (Fsp3) is 0.0833. The van der Waals surface area contributed by atoms with E-state index in [2.05, 4.69) is 9.97 Å². The smallest absolute Gasteiger partial charge is 0.174 e. The number of rotatable bonds is 2. The van der Waals surface area contributed by atoms with Crippen molar-refractivity contribution in [1.82, 2.24) is 9.97 Å². The first-order chi connectivity index (χ1) is 8.22. The molecule has 0 radical (unpaired) electrons. The van der Waals surface area contributed by atoms with Gasteiger partial charge in [-0.3, -0.25) is 0 Å². The number of fused-ring (bicyclic) bond motifs is 1. The molecule has 1 N–H and O–H groups in total. The lowest BCUT2D eigenvalue weighted by atomic mass is 10.2. The monoisotopic (exact) mass is 264 g/mol. The van der Waals surface area contributed by atoms with E-state index in [1.165, 1.54) is 11.8 Å². The summed E-state index contributed by atoms with van der Waals surface area (Å²) in [6.07, 6.45) is 1.65. The molecule has 0 fully saturated rings. The second-order valence-corrected chi connectivity index (χ2v) is 5.12. The summed E-state index contributed by atoms with van der Waals surface area (Å²) in [6.45, 7) is 2.00. The topological polar surface area (TPSA) is 41.8 Å². The minimum absolute atomic E-state index is 0.716. The van der Waals surface area contributed by atoms with Crippen molar-refractivity contribution in [1.29, 1.82) is 0 Å². The predicted octanol–water partition coefficient (Wildman–Crippen LogP) is 4.27. The van der Waals surface area contributed by atoms with Crippen LogP contribution < -0.4 is 0 Å². The molecule has 0 amide bonds. The van der Waals surface area contributed by atoms with E-state index < -0.39 is 0 Å². The van der Waals surface area contributed by atoms with Gasteiger partial charge in [0.1, 0.15) is 0 Å². The molecule has 0 aliphatic heterocycles. The van der Waals surface area contributed by atoms with Crippen LogP contribution in [0, 0.1) is 6.92 Å². The molecule has 2 heterocycles. The number of benzene rings is 1. The maximum absolute atomic E-state index is 6.00. The van der Waals surface area contributed by atoms with Gasteiger partial charge in [0.25, 0.3) is 0 Å². The molecule has 0 aliphatic carbocycles. The third-order valence-corrected chi connectivity index (χ3v) is 3.45. The zero-order valence-electron chi connectivity index (χ0n) is 9.03. The zero-order valence-corrected chi connectivity index (χ0v) is 10.6. The summed E-state index contributed by atoms with van der Waals surface area (Å²) < 4.78 is 5.26. The number of H-pyrrole nitrogens is 1. The van der Waals surface area contributed by atoms with Crippen molar-refractivity contribution >= 4 is 34.4 Å². The Morgan fingerprint density at radius 2 is 2.29 bits per heavy atom. The van der Waals surface area contributed by atoms with Crippen LogP contribution >= 0.6 is 23.4 Å². The normalized spacial score (nSPS) is 11.2.